The average molecular weight is 628 g/mol. The Morgan fingerprint density at radius 2 is 1.96 bits per heavy atom. The van der Waals surface area contributed by atoms with Crippen molar-refractivity contribution in [2.24, 2.45) is 7.05 Å². The Morgan fingerprint density at radius 1 is 1.11 bits per heavy atom. The van der Waals surface area contributed by atoms with Crippen LogP contribution in [0.25, 0.3) is 16.7 Å². The van der Waals surface area contributed by atoms with Gasteiger partial charge in [-0.2, -0.15) is 15.2 Å². The molecule has 1 aromatic carbocycles. The van der Waals surface area contributed by atoms with Crippen molar-refractivity contribution in [1.82, 2.24) is 38.9 Å². The third-order valence-corrected chi connectivity index (χ3v) is 8.31. The number of nitrogens with zero attached hydrogens (tertiary/aromatic N) is 8. The molecule has 7 rings (SSSR count). The number of hydrogen-bond donors (Lipinski definition) is 1. The molecule has 0 unspecified atom stereocenters. The molecule has 1 fully saturated rings. The number of nitrogens with one attached hydrogen (secondary N) is 1. The molecule has 13 heteroatoms. The van der Waals surface area contributed by atoms with E-state index in [4.69, 9.17) is 35.9 Å². The van der Waals surface area contributed by atoms with Crippen molar-refractivity contribution >= 4 is 40.0 Å². The van der Waals surface area contributed by atoms with Crippen LogP contribution in [0.1, 0.15) is 44.5 Å². The molecule has 0 radical (unpaired) electrons. The SMILES string of the molecule is Cn1c(Nc2cc(C(C)(C)C)n([C@H]3CCO[C@@H]3COCc3ccccc3)n2)nc2ncc(Oc3cnn4ccncc34)c(Cl)c21. The number of rotatable bonds is 9. The zero-order valence-electron chi connectivity index (χ0n) is 25.5. The zero-order valence-corrected chi connectivity index (χ0v) is 26.3. The van der Waals surface area contributed by atoms with E-state index in [1.165, 1.54) is 0 Å². The third kappa shape index (κ3) is 5.72. The highest BCUT2D eigenvalue weighted by molar-refractivity contribution is 6.36. The molecule has 1 N–H and O–H groups in total. The number of ether oxygens (including phenoxy) is 3. The summed E-state index contributed by atoms with van der Waals surface area (Å²) in [5, 5.41) is 13.1. The van der Waals surface area contributed by atoms with Crippen LogP contribution in [-0.2, 0) is 28.5 Å². The molecule has 2 atom stereocenters. The van der Waals surface area contributed by atoms with Crippen LogP contribution in [0.2, 0.25) is 5.02 Å². The second-order valence-corrected chi connectivity index (χ2v) is 12.5. The average Bonchev–Trinajstić information content (AvgIpc) is 3.81. The summed E-state index contributed by atoms with van der Waals surface area (Å²) < 4.78 is 23.9. The molecule has 45 heavy (non-hydrogen) atoms. The maximum Gasteiger partial charge on any atom is 0.210 e. The zero-order chi connectivity index (χ0) is 31.1. The van der Waals surface area contributed by atoms with E-state index in [9.17, 15) is 0 Å². The molecular formula is C32H34ClN9O3. The van der Waals surface area contributed by atoms with Crippen LogP contribution in [0.4, 0.5) is 11.8 Å². The fraction of sp³-hybridized carbons (Fsp3) is 0.344. The smallest absolute Gasteiger partial charge is 0.210 e. The van der Waals surface area contributed by atoms with Crippen LogP contribution in [0.15, 0.2) is 67.4 Å². The van der Waals surface area contributed by atoms with Crippen molar-refractivity contribution < 1.29 is 14.2 Å². The van der Waals surface area contributed by atoms with Crippen molar-refractivity contribution in [3.63, 3.8) is 0 Å². The number of halogens is 1. The minimum absolute atomic E-state index is 0.0388. The van der Waals surface area contributed by atoms with E-state index in [-0.39, 0.29) is 17.6 Å². The van der Waals surface area contributed by atoms with E-state index in [2.05, 4.69) is 64.0 Å². The molecule has 6 heterocycles. The molecular weight excluding hydrogens is 594 g/mol. The van der Waals surface area contributed by atoms with Crippen molar-refractivity contribution in [2.75, 3.05) is 18.5 Å². The lowest BCUT2D eigenvalue weighted by atomic mass is 9.91. The minimum Gasteiger partial charge on any atom is -0.450 e. The van der Waals surface area contributed by atoms with E-state index in [0.717, 1.165) is 17.7 Å². The Bertz CT molecular complexity index is 1960. The van der Waals surface area contributed by atoms with Crippen LogP contribution in [-0.4, -0.2) is 58.2 Å². The minimum atomic E-state index is -0.165. The van der Waals surface area contributed by atoms with Gasteiger partial charge in [-0.15, -0.1) is 0 Å². The summed E-state index contributed by atoms with van der Waals surface area (Å²) in [6.45, 7) is 8.22. The van der Waals surface area contributed by atoms with Crippen LogP contribution < -0.4 is 10.1 Å². The highest BCUT2D eigenvalue weighted by Crippen LogP contribution is 2.38. The number of benzene rings is 1. The van der Waals surface area contributed by atoms with Crippen molar-refractivity contribution in [1.29, 1.82) is 0 Å². The Balaban J connectivity index is 1.14. The first-order valence-corrected chi connectivity index (χ1v) is 15.2. The lowest BCUT2D eigenvalue weighted by molar-refractivity contribution is -0.00444. The monoisotopic (exact) mass is 627 g/mol. The van der Waals surface area contributed by atoms with Gasteiger partial charge in [0.1, 0.15) is 22.2 Å². The number of pyridine rings is 1. The van der Waals surface area contributed by atoms with Crippen LogP contribution in [0, 0.1) is 0 Å². The molecule has 6 aromatic rings. The van der Waals surface area contributed by atoms with Gasteiger partial charge in [0.25, 0.3) is 0 Å². The van der Waals surface area contributed by atoms with Gasteiger partial charge in [0, 0.05) is 43.2 Å². The van der Waals surface area contributed by atoms with Gasteiger partial charge in [0.05, 0.1) is 37.8 Å². The number of hydrogen-bond acceptors (Lipinski definition) is 9. The quantitative estimate of drug-likeness (QED) is 0.199. The normalized spacial score (nSPS) is 17.0. The van der Waals surface area contributed by atoms with Gasteiger partial charge in [0.2, 0.25) is 5.95 Å². The molecule has 0 bridgehead atoms. The first-order valence-electron chi connectivity index (χ1n) is 14.8. The highest BCUT2D eigenvalue weighted by atomic mass is 35.5. The molecule has 5 aromatic heterocycles. The van der Waals surface area contributed by atoms with Gasteiger partial charge >= 0.3 is 0 Å². The van der Waals surface area contributed by atoms with Crippen LogP contribution >= 0.6 is 11.6 Å². The van der Waals surface area contributed by atoms with Gasteiger partial charge in [-0.05, 0) is 12.0 Å². The van der Waals surface area contributed by atoms with Crippen molar-refractivity contribution in [3.8, 4) is 11.5 Å². The maximum absolute atomic E-state index is 6.86. The Kier molecular flexibility index (Phi) is 7.64. The summed E-state index contributed by atoms with van der Waals surface area (Å²) in [5.41, 5.74) is 3.88. The van der Waals surface area contributed by atoms with Gasteiger partial charge in [-0.1, -0.05) is 62.7 Å². The molecule has 0 spiro atoms. The predicted octanol–water partition coefficient (Wildman–Crippen LogP) is 6.24. The Morgan fingerprint density at radius 3 is 2.78 bits per heavy atom. The topological polar surface area (TPSA) is 118 Å². The van der Waals surface area contributed by atoms with Crippen LogP contribution in [0.3, 0.4) is 0 Å². The fourth-order valence-electron chi connectivity index (χ4n) is 5.63. The maximum atomic E-state index is 6.86. The molecule has 0 amide bonds. The lowest BCUT2D eigenvalue weighted by Crippen LogP contribution is -2.30. The molecule has 0 saturated carbocycles. The summed E-state index contributed by atoms with van der Waals surface area (Å²) in [4.78, 5) is 13.4. The van der Waals surface area contributed by atoms with Crippen molar-refractivity contribution in [3.05, 3.63) is 83.7 Å². The predicted molar refractivity (Wildman–Crippen MR) is 170 cm³/mol. The summed E-state index contributed by atoms with van der Waals surface area (Å²) in [6.07, 6.45) is 9.00. The molecule has 1 aliphatic heterocycles. The molecule has 0 aliphatic carbocycles. The molecule has 12 nitrogen and oxygen atoms in total. The molecule has 232 valence electrons. The number of aromatic nitrogens is 8. The summed E-state index contributed by atoms with van der Waals surface area (Å²) in [7, 11) is 1.88. The van der Waals surface area contributed by atoms with Crippen LogP contribution in [0.5, 0.6) is 11.5 Å². The summed E-state index contributed by atoms with van der Waals surface area (Å²) in [5.74, 6) is 2.12. The lowest BCUT2D eigenvalue weighted by Gasteiger charge is -2.26. The van der Waals surface area contributed by atoms with E-state index in [1.807, 2.05) is 29.8 Å². The standard InChI is InChI=1S/C32H34ClN9O3/c1-32(2,3)26-14-27(39-42(26)21-10-13-44-25(21)19-43-18-20-8-6-5-7-9-20)37-31-38-30-29(40(31)4)28(33)24(16-35-30)45-23-17-36-41-12-11-34-15-22(23)41/h5-9,11-12,14-17,21,25H,10,13,18-19H2,1-4H3,(H,35,37,38,39)/t21-,25+/m0/s1. The van der Waals surface area contributed by atoms with Gasteiger partial charge in [-0.3, -0.25) is 9.67 Å². The fourth-order valence-corrected chi connectivity index (χ4v) is 5.93. The van der Waals surface area contributed by atoms with E-state index in [0.29, 0.717) is 64.8 Å². The Hall–Kier alpha value is -4.52. The summed E-state index contributed by atoms with van der Waals surface area (Å²) >= 11 is 6.86. The number of imidazole rings is 1. The number of fused-ring (bicyclic) bond motifs is 2. The summed E-state index contributed by atoms with van der Waals surface area (Å²) in [6, 6.07) is 12.3. The second kappa shape index (κ2) is 11.8. The second-order valence-electron chi connectivity index (χ2n) is 12.1. The van der Waals surface area contributed by atoms with E-state index >= 15 is 0 Å². The van der Waals surface area contributed by atoms with Crippen molar-refractivity contribution in [2.45, 2.75) is 51.4 Å². The molecule has 1 aliphatic rings. The largest absolute Gasteiger partial charge is 0.450 e. The number of aryl methyl sites for hydroxylation is 1. The highest BCUT2D eigenvalue weighted by Gasteiger charge is 2.35. The molecule has 1 saturated heterocycles. The third-order valence-electron chi connectivity index (χ3n) is 7.94. The van der Waals surface area contributed by atoms with Gasteiger partial charge in [-0.25, -0.2) is 9.50 Å². The van der Waals surface area contributed by atoms with Gasteiger partial charge in [0.15, 0.2) is 23.0 Å². The number of anilines is 2. The van der Waals surface area contributed by atoms with E-state index in [1.54, 1.807) is 35.5 Å². The first-order chi connectivity index (χ1) is 21.8. The first kappa shape index (κ1) is 29.2. The van der Waals surface area contributed by atoms with Gasteiger partial charge < -0.3 is 24.1 Å². The van der Waals surface area contributed by atoms with E-state index < -0.39 is 0 Å². The Labute approximate surface area is 264 Å².